The highest BCUT2D eigenvalue weighted by Crippen LogP contribution is 2.32. The number of benzene rings is 3. The van der Waals surface area contributed by atoms with Crippen molar-refractivity contribution in [1.29, 1.82) is 0 Å². The first-order chi connectivity index (χ1) is 20.5. The van der Waals surface area contributed by atoms with Crippen LogP contribution in [0.2, 0.25) is 0 Å². The summed E-state index contributed by atoms with van der Waals surface area (Å²) in [6.45, 7) is 5.19. The minimum atomic E-state index is -4.25. The second kappa shape index (κ2) is 13.9. The number of hydrogen-bond donors (Lipinski definition) is 1. The van der Waals surface area contributed by atoms with E-state index < -0.39 is 28.5 Å². The van der Waals surface area contributed by atoms with E-state index in [9.17, 15) is 18.0 Å². The van der Waals surface area contributed by atoms with Crippen molar-refractivity contribution in [2.45, 2.75) is 70.0 Å². The Balaban J connectivity index is 1.72. The van der Waals surface area contributed by atoms with Crippen LogP contribution in [-0.2, 0) is 26.2 Å². The molecule has 0 unspecified atom stereocenters. The zero-order valence-electron chi connectivity index (χ0n) is 25.5. The number of hydrogen-bond acceptors (Lipinski definition) is 6. The van der Waals surface area contributed by atoms with Gasteiger partial charge in [-0.05, 0) is 69.0 Å². The van der Waals surface area contributed by atoms with Crippen LogP contribution in [0.1, 0.15) is 49.3 Å². The maximum absolute atomic E-state index is 14.2. The van der Waals surface area contributed by atoms with Crippen LogP contribution in [0.4, 0.5) is 5.69 Å². The highest BCUT2D eigenvalue weighted by molar-refractivity contribution is 7.92. The second-order valence-corrected chi connectivity index (χ2v) is 12.8. The van der Waals surface area contributed by atoms with Crippen molar-refractivity contribution in [3.8, 4) is 11.5 Å². The molecule has 230 valence electrons. The van der Waals surface area contributed by atoms with Crippen molar-refractivity contribution in [3.05, 3.63) is 83.4 Å². The Labute approximate surface area is 254 Å². The van der Waals surface area contributed by atoms with E-state index in [4.69, 9.17) is 9.47 Å². The van der Waals surface area contributed by atoms with Gasteiger partial charge in [0.15, 0.2) is 11.5 Å². The van der Waals surface area contributed by atoms with E-state index in [-0.39, 0.29) is 29.1 Å². The maximum Gasteiger partial charge on any atom is 0.264 e. The summed E-state index contributed by atoms with van der Waals surface area (Å²) in [7, 11) is -1.35. The predicted octanol–water partition coefficient (Wildman–Crippen LogP) is 4.99. The molecule has 1 saturated carbocycles. The standard InChI is InChI=1S/C33H41N3O6S/c1-23-14-16-28(17-15-23)36(43(39,40)29-18-19-30(41-4)31(20-29)42-5)22-32(37)35(21-26-11-7-6-10-24(26)2)25(3)33(38)34-27-12-8-9-13-27/h6-7,10-11,14-20,25,27H,8-9,12-13,21-22H2,1-5H3,(H,34,38)/t25-/m0/s1. The van der Waals surface area contributed by atoms with Crippen molar-refractivity contribution in [2.75, 3.05) is 25.1 Å². The van der Waals surface area contributed by atoms with Crippen molar-refractivity contribution in [1.82, 2.24) is 10.2 Å². The second-order valence-electron chi connectivity index (χ2n) is 11.0. The van der Waals surface area contributed by atoms with Gasteiger partial charge in [0.1, 0.15) is 12.6 Å². The lowest BCUT2D eigenvalue weighted by atomic mass is 10.1. The molecule has 1 N–H and O–H groups in total. The lowest BCUT2D eigenvalue weighted by Crippen LogP contribution is -2.52. The number of aryl methyl sites for hydroxylation is 2. The van der Waals surface area contributed by atoms with E-state index in [1.807, 2.05) is 38.1 Å². The van der Waals surface area contributed by atoms with Crippen LogP contribution in [0.5, 0.6) is 11.5 Å². The van der Waals surface area contributed by atoms with Gasteiger partial charge in [0.05, 0.1) is 24.8 Å². The van der Waals surface area contributed by atoms with Gasteiger partial charge >= 0.3 is 0 Å². The highest BCUT2D eigenvalue weighted by atomic mass is 32.2. The van der Waals surface area contributed by atoms with Crippen LogP contribution in [0.15, 0.2) is 71.6 Å². The van der Waals surface area contributed by atoms with Gasteiger partial charge in [-0.3, -0.25) is 13.9 Å². The summed E-state index contributed by atoms with van der Waals surface area (Å²) in [6.07, 6.45) is 3.94. The van der Waals surface area contributed by atoms with E-state index in [1.165, 1.54) is 37.3 Å². The molecule has 0 saturated heterocycles. The third-order valence-corrected chi connectivity index (χ3v) is 9.78. The smallest absolute Gasteiger partial charge is 0.264 e. The summed E-state index contributed by atoms with van der Waals surface area (Å²) in [5.41, 5.74) is 3.11. The minimum Gasteiger partial charge on any atom is -0.493 e. The number of rotatable bonds is 12. The van der Waals surface area contributed by atoms with Gasteiger partial charge in [0.2, 0.25) is 11.8 Å². The Kier molecular flexibility index (Phi) is 10.3. The Morgan fingerprint density at radius 2 is 1.58 bits per heavy atom. The molecule has 1 aliphatic rings. The summed E-state index contributed by atoms with van der Waals surface area (Å²) in [5.74, 6) is -0.122. The van der Waals surface area contributed by atoms with Gasteiger partial charge < -0.3 is 19.7 Å². The van der Waals surface area contributed by atoms with Crippen LogP contribution < -0.4 is 19.1 Å². The van der Waals surface area contributed by atoms with Crippen molar-refractivity contribution >= 4 is 27.5 Å². The van der Waals surface area contributed by atoms with Crippen molar-refractivity contribution in [2.24, 2.45) is 0 Å². The molecule has 3 aromatic rings. The number of methoxy groups -OCH3 is 2. The highest BCUT2D eigenvalue weighted by Gasteiger charge is 2.34. The molecular formula is C33H41N3O6S. The molecule has 0 aromatic heterocycles. The SMILES string of the molecule is COc1ccc(S(=O)(=O)N(CC(=O)N(Cc2ccccc2C)[C@@H](C)C(=O)NC2CCCC2)c2ccc(C)cc2)cc1OC. The summed E-state index contributed by atoms with van der Waals surface area (Å²) >= 11 is 0. The summed E-state index contributed by atoms with van der Waals surface area (Å²) in [4.78, 5) is 29.0. The van der Waals surface area contributed by atoms with E-state index in [2.05, 4.69) is 5.32 Å². The fraction of sp³-hybridized carbons (Fsp3) is 0.394. The molecule has 3 aromatic carbocycles. The van der Waals surface area contributed by atoms with Crippen LogP contribution in [-0.4, -0.2) is 58.0 Å². The first-order valence-corrected chi connectivity index (χ1v) is 15.9. The lowest BCUT2D eigenvalue weighted by molar-refractivity contribution is -0.139. The van der Waals surface area contributed by atoms with Gasteiger partial charge in [-0.2, -0.15) is 0 Å². The largest absolute Gasteiger partial charge is 0.493 e. The van der Waals surface area contributed by atoms with Crippen LogP contribution in [0.3, 0.4) is 0 Å². The van der Waals surface area contributed by atoms with Gasteiger partial charge in [0.25, 0.3) is 10.0 Å². The third-order valence-electron chi connectivity index (χ3n) is 8.01. The monoisotopic (exact) mass is 607 g/mol. The molecule has 0 spiro atoms. The number of sulfonamides is 1. The Bertz CT molecular complexity index is 1530. The Morgan fingerprint density at radius 1 is 0.930 bits per heavy atom. The molecule has 2 amide bonds. The summed E-state index contributed by atoms with van der Waals surface area (Å²) < 4.78 is 40.1. The van der Waals surface area contributed by atoms with Gasteiger partial charge in [-0.25, -0.2) is 8.42 Å². The van der Waals surface area contributed by atoms with Gasteiger partial charge in [-0.1, -0.05) is 54.8 Å². The van der Waals surface area contributed by atoms with Gasteiger partial charge in [0, 0.05) is 18.7 Å². The van der Waals surface area contributed by atoms with E-state index in [0.717, 1.165) is 46.7 Å². The molecule has 0 heterocycles. The molecule has 10 heteroatoms. The number of anilines is 1. The molecule has 4 rings (SSSR count). The molecule has 0 radical (unpaired) electrons. The number of nitrogens with zero attached hydrogens (tertiary/aromatic N) is 2. The zero-order valence-corrected chi connectivity index (χ0v) is 26.3. The topological polar surface area (TPSA) is 105 Å². The zero-order chi connectivity index (χ0) is 31.1. The maximum atomic E-state index is 14.2. The van der Waals surface area contributed by atoms with Crippen LogP contribution in [0, 0.1) is 13.8 Å². The van der Waals surface area contributed by atoms with Crippen molar-refractivity contribution in [3.63, 3.8) is 0 Å². The average Bonchev–Trinajstić information content (AvgIpc) is 3.52. The number of amides is 2. The van der Waals surface area contributed by atoms with E-state index in [0.29, 0.717) is 11.4 Å². The number of carbonyl (C=O) groups is 2. The normalized spacial score (nSPS) is 14.2. The molecule has 1 fully saturated rings. The fourth-order valence-electron chi connectivity index (χ4n) is 5.29. The first kappa shape index (κ1) is 31.9. The molecule has 9 nitrogen and oxygen atoms in total. The molecule has 43 heavy (non-hydrogen) atoms. The summed E-state index contributed by atoms with van der Waals surface area (Å²) in [6, 6.07) is 18.1. The van der Waals surface area contributed by atoms with Gasteiger partial charge in [-0.15, -0.1) is 0 Å². The van der Waals surface area contributed by atoms with Crippen molar-refractivity contribution < 1.29 is 27.5 Å². The number of ether oxygens (including phenoxy) is 2. The quantitative estimate of drug-likeness (QED) is 0.311. The third kappa shape index (κ3) is 7.48. The Hall–Kier alpha value is -4.05. The first-order valence-electron chi connectivity index (χ1n) is 14.5. The van der Waals surface area contributed by atoms with E-state index in [1.54, 1.807) is 31.2 Å². The Morgan fingerprint density at radius 3 is 2.21 bits per heavy atom. The molecule has 0 aliphatic heterocycles. The minimum absolute atomic E-state index is 0.0593. The lowest BCUT2D eigenvalue weighted by Gasteiger charge is -2.33. The number of nitrogens with one attached hydrogen (secondary N) is 1. The molecule has 1 atom stereocenters. The van der Waals surface area contributed by atoms with Crippen LogP contribution >= 0.6 is 0 Å². The number of carbonyl (C=O) groups excluding carboxylic acids is 2. The summed E-state index contributed by atoms with van der Waals surface area (Å²) in [5, 5.41) is 3.09. The average molecular weight is 608 g/mol. The molecule has 1 aliphatic carbocycles. The van der Waals surface area contributed by atoms with E-state index >= 15 is 0 Å². The molecule has 0 bridgehead atoms. The van der Waals surface area contributed by atoms with Crippen LogP contribution in [0.25, 0.3) is 0 Å². The molecular weight excluding hydrogens is 566 g/mol. The fourth-order valence-corrected chi connectivity index (χ4v) is 6.72. The predicted molar refractivity (Wildman–Crippen MR) is 167 cm³/mol.